The van der Waals surface area contributed by atoms with Crippen LogP contribution >= 0.6 is 0 Å². The Morgan fingerprint density at radius 2 is 1.75 bits per heavy atom. The maximum absolute atomic E-state index is 12.6. The van der Waals surface area contributed by atoms with Crippen molar-refractivity contribution in [1.82, 2.24) is 14.5 Å². The number of furan rings is 1. The van der Waals surface area contributed by atoms with E-state index in [0.717, 1.165) is 4.31 Å². The van der Waals surface area contributed by atoms with Gasteiger partial charge in [0, 0.05) is 19.2 Å². The highest BCUT2D eigenvalue weighted by Gasteiger charge is 2.24. The number of amides is 1. The quantitative estimate of drug-likeness (QED) is 0.633. The van der Waals surface area contributed by atoms with Crippen molar-refractivity contribution in [2.45, 2.75) is 17.9 Å². The topological polar surface area (TPSA) is 99.9 Å². The first-order chi connectivity index (χ1) is 13.1. The van der Waals surface area contributed by atoms with Crippen molar-refractivity contribution in [2.24, 2.45) is 0 Å². The molecule has 0 saturated carbocycles. The molecule has 0 aliphatic heterocycles. The zero-order valence-corrected chi connectivity index (χ0v) is 17.2. The van der Waals surface area contributed by atoms with Gasteiger partial charge in [0.15, 0.2) is 5.78 Å². The van der Waals surface area contributed by atoms with E-state index in [1.807, 2.05) is 25.1 Å². The van der Waals surface area contributed by atoms with Crippen LogP contribution in [0.1, 0.15) is 29.1 Å². The minimum Gasteiger partial charge on any atom is -0.468 e. The smallest absolute Gasteiger partial charge is 0.243 e. The molecule has 1 aromatic heterocycles. The number of ketones is 1. The van der Waals surface area contributed by atoms with Gasteiger partial charge in [-0.1, -0.05) is 12.1 Å². The van der Waals surface area contributed by atoms with Gasteiger partial charge in [-0.15, -0.1) is 0 Å². The standard InChI is InChI=1S/C19H25N3O5S/c1-14(23)15-7-9-16(10-8-15)28(25,26)22(4)13-19(24)20-12-17(21(2)3)18-6-5-11-27-18/h5-11,17H,12-13H2,1-4H3,(H,20,24). The molecule has 1 amide bonds. The maximum Gasteiger partial charge on any atom is 0.243 e. The number of rotatable bonds is 9. The number of Topliss-reactive ketones (excluding diaryl/α,β-unsaturated/α-hetero) is 1. The number of nitrogens with zero attached hydrogens (tertiary/aromatic N) is 2. The molecule has 0 saturated heterocycles. The van der Waals surface area contributed by atoms with Gasteiger partial charge in [0.05, 0.1) is 23.7 Å². The average molecular weight is 407 g/mol. The third-order valence-corrected chi connectivity index (χ3v) is 6.14. The summed E-state index contributed by atoms with van der Waals surface area (Å²) >= 11 is 0. The van der Waals surface area contributed by atoms with Crippen LogP contribution in [-0.4, -0.2) is 63.5 Å². The van der Waals surface area contributed by atoms with E-state index in [1.165, 1.54) is 38.2 Å². The molecule has 1 heterocycles. The molecule has 1 atom stereocenters. The molecule has 0 spiro atoms. The summed E-state index contributed by atoms with van der Waals surface area (Å²) in [7, 11) is 1.22. The van der Waals surface area contributed by atoms with Gasteiger partial charge in [0.25, 0.3) is 0 Å². The molecule has 8 nitrogen and oxygen atoms in total. The van der Waals surface area contributed by atoms with Gasteiger partial charge in [0.1, 0.15) is 5.76 Å². The number of hydrogen-bond acceptors (Lipinski definition) is 6. The molecule has 2 rings (SSSR count). The van der Waals surface area contributed by atoms with Crippen molar-refractivity contribution in [3.8, 4) is 0 Å². The monoisotopic (exact) mass is 407 g/mol. The lowest BCUT2D eigenvalue weighted by atomic mass is 10.2. The molecule has 0 bridgehead atoms. The Morgan fingerprint density at radius 1 is 1.11 bits per heavy atom. The van der Waals surface area contributed by atoms with E-state index in [9.17, 15) is 18.0 Å². The van der Waals surface area contributed by atoms with Gasteiger partial charge >= 0.3 is 0 Å². The number of carbonyl (C=O) groups is 2. The fourth-order valence-electron chi connectivity index (χ4n) is 2.61. The van der Waals surface area contributed by atoms with Crippen LogP contribution in [0, 0.1) is 0 Å². The van der Waals surface area contributed by atoms with Crippen LogP contribution in [0.25, 0.3) is 0 Å². The molecule has 1 unspecified atom stereocenters. The molecular formula is C19H25N3O5S. The SMILES string of the molecule is CC(=O)c1ccc(S(=O)(=O)N(C)CC(=O)NCC(c2ccco2)N(C)C)cc1. The Morgan fingerprint density at radius 3 is 2.25 bits per heavy atom. The number of likely N-dealkylation sites (N-methyl/N-ethyl adjacent to an activating group) is 2. The fourth-order valence-corrected chi connectivity index (χ4v) is 3.74. The van der Waals surface area contributed by atoms with Crippen molar-refractivity contribution >= 4 is 21.7 Å². The molecule has 0 fully saturated rings. The largest absolute Gasteiger partial charge is 0.468 e. The first-order valence-electron chi connectivity index (χ1n) is 8.66. The Hall–Kier alpha value is -2.49. The summed E-state index contributed by atoms with van der Waals surface area (Å²) in [6.07, 6.45) is 1.56. The Bertz CT molecular complexity index is 906. The van der Waals surface area contributed by atoms with E-state index in [4.69, 9.17) is 4.42 Å². The van der Waals surface area contributed by atoms with Crippen molar-refractivity contribution in [1.29, 1.82) is 0 Å². The third kappa shape index (κ3) is 5.28. The molecule has 0 radical (unpaired) electrons. The predicted octanol–water partition coefficient (Wildman–Crippen LogP) is 1.52. The summed E-state index contributed by atoms with van der Waals surface area (Å²) < 4.78 is 31.6. The summed E-state index contributed by atoms with van der Waals surface area (Å²) in [6.45, 7) is 1.36. The summed E-state index contributed by atoms with van der Waals surface area (Å²) in [5.41, 5.74) is 0.423. The lowest BCUT2D eigenvalue weighted by Gasteiger charge is -2.23. The number of benzene rings is 1. The van der Waals surface area contributed by atoms with Crippen molar-refractivity contribution in [3.05, 3.63) is 54.0 Å². The molecule has 9 heteroatoms. The second kappa shape index (κ2) is 9.13. The summed E-state index contributed by atoms with van der Waals surface area (Å²) in [4.78, 5) is 25.5. The maximum atomic E-state index is 12.6. The molecule has 1 N–H and O–H groups in total. The molecule has 0 aliphatic rings. The van der Waals surface area contributed by atoms with E-state index in [2.05, 4.69) is 5.32 Å². The summed E-state index contributed by atoms with van der Waals surface area (Å²) in [5, 5.41) is 2.74. The second-order valence-electron chi connectivity index (χ2n) is 6.64. The van der Waals surface area contributed by atoms with Crippen LogP contribution in [0.3, 0.4) is 0 Å². The fraction of sp³-hybridized carbons (Fsp3) is 0.368. The van der Waals surface area contributed by atoms with E-state index in [1.54, 1.807) is 12.3 Å². The lowest BCUT2D eigenvalue weighted by Crippen LogP contribution is -2.41. The normalized spacial score (nSPS) is 12.9. The van der Waals surface area contributed by atoms with Crippen molar-refractivity contribution in [3.63, 3.8) is 0 Å². The number of nitrogens with one attached hydrogen (secondary N) is 1. The number of carbonyl (C=O) groups excluding carboxylic acids is 2. The molecule has 0 aliphatic carbocycles. The third-order valence-electron chi connectivity index (χ3n) is 4.32. The van der Waals surface area contributed by atoms with E-state index < -0.39 is 15.9 Å². The van der Waals surface area contributed by atoms with Gasteiger partial charge in [-0.05, 0) is 45.3 Å². The van der Waals surface area contributed by atoms with E-state index in [0.29, 0.717) is 11.3 Å². The second-order valence-corrected chi connectivity index (χ2v) is 8.69. The highest BCUT2D eigenvalue weighted by molar-refractivity contribution is 7.89. The van der Waals surface area contributed by atoms with Crippen LogP contribution in [-0.2, 0) is 14.8 Å². The van der Waals surface area contributed by atoms with Gasteiger partial charge in [0.2, 0.25) is 15.9 Å². The predicted molar refractivity (Wildman–Crippen MR) is 104 cm³/mol. The first-order valence-corrected chi connectivity index (χ1v) is 10.1. The lowest BCUT2D eigenvalue weighted by molar-refractivity contribution is -0.121. The average Bonchev–Trinajstić information content (AvgIpc) is 3.15. The Labute approximate surface area is 165 Å². The van der Waals surface area contributed by atoms with Crippen LogP contribution in [0.4, 0.5) is 0 Å². The molecule has 152 valence electrons. The highest BCUT2D eigenvalue weighted by Crippen LogP contribution is 2.18. The Kier molecular flexibility index (Phi) is 7.11. The first kappa shape index (κ1) is 21.8. The van der Waals surface area contributed by atoms with Crippen molar-refractivity contribution < 1.29 is 22.4 Å². The van der Waals surface area contributed by atoms with Crippen LogP contribution in [0.15, 0.2) is 52.0 Å². The van der Waals surface area contributed by atoms with Crippen LogP contribution in [0.2, 0.25) is 0 Å². The minimum atomic E-state index is -3.84. The van der Waals surface area contributed by atoms with Crippen LogP contribution < -0.4 is 5.32 Å². The zero-order chi connectivity index (χ0) is 20.9. The van der Waals surface area contributed by atoms with Crippen molar-refractivity contribution in [2.75, 3.05) is 34.2 Å². The van der Waals surface area contributed by atoms with E-state index >= 15 is 0 Å². The van der Waals surface area contributed by atoms with Gasteiger partial charge < -0.3 is 9.73 Å². The van der Waals surface area contributed by atoms with Gasteiger partial charge in [-0.3, -0.25) is 14.5 Å². The van der Waals surface area contributed by atoms with E-state index in [-0.39, 0.29) is 29.8 Å². The number of sulfonamides is 1. The Balaban J connectivity index is 1.99. The van der Waals surface area contributed by atoms with Gasteiger partial charge in [-0.2, -0.15) is 4.31 Å². The summed E-state index contributed by atoms with van der Waals surface area (Å²) in [5.74, 6) is 0.130. The van der Waals surface area contributed by atoms with Gasteiger partial charge in [-0.25, -0.2) is 8.42 Å². The molecule has 2 aromatic rings. The minimum absolute atomic E-state index is 0.0227. The van der Waals surface area contributed by atoms with Crippen LogP contribution in [0.5, 0.6) is 0 Å². The molecule has 28 heavy (non-hydrogen) atoms. The molecule has 1 aromatic carbocycles. The molecular weight excluding hydrogens is 382 g/mol. The zero-order valence-electron chi connectivity index (χ0n) is 16.4. The highest BCUT2D eigenvalue weighted by atomic mass is 32.2. The summed E-state index contributed by atoms with van der Waals surface area (Å²) in [6, 6.07) is 9.05. The number of hydrogen-bond donors (Lipinski definition) is 1.